The maximum absolute atomic E-state index is 12.6. The van der Waals surface area contributed by atoms with Crippen LogP contribution in [0.3, 0.4) is 0 Å². The molecule has 20 heavy (non-hydrogen) atoms. The number of hydrogen-bond acceptors (Lipinski definition) is 3. The maximum Gasteiger partial charge on any atom is 0.273 e. The van der Waals surface area contributed by atoms with Gasteiger partial charge in [0.1, 0.15) is 5.69 Å². The van der Waals surface area contributed by atoms with Crippen molar-refractivity contribution in [3.05, 3.63) is 51.5 Å². The number of benzene rings is 1. The fourth-order valence-corrected chi connectivity index (χ4v) is 2.84. The van der Waals surface area contributed by atoms with Gasteiger partial charge in [0.2, 0.25) is 0 Å². The zero-order chi connectivity index (χ0) is 14.1. The fourth-order valence-electron chi connectivity index (χ4n) is 2.25. The first-order valence-corrected chi connectivity index (χ1v) is 7.80. The van der Waals surface area contributed by atoms with Crippen LogP contribution in [-0.2, 0) is 6.54 Å². The molecule has 1 saturated carbocycles. The van der Waals surface area contributed by atoms with E-state index in [9.17, 15) is 4.79 Å². The van der Waals surface area contributed by atoms with Gasteiger partial charge in [-0.15, -0.1) is 11.3 Å². The van der Waals surface area contributed by atoms with Gasteiger partial charge in [-0.1, -0.05) is 29.8 Å². The molecule has 1 aromatic carbocycles. The van der Waals surface area contributed by atoms with Crippen molar-refractivity contribution in [2.24, 2.45) is 0 Å². The molecule has 0 bridgehead atoms. The van der Waals surface area contributed by atoms with E-state index in [2.05, 4.69) is 36.2 Å². The molecule has 0 unspecified atom stereocenters. The van der Waals surface area contributed by atoms with E-state index in [4.69, 9.17) is 0 Å². The summed E-state index contributed by atoms with van der Waals surface area (Å²) in [5.74, 6) is 0.0671. The van der Waals surface area contributed by atoms with Crippen molar-refractivity contribution >= 4 is 17.2 Å². The minimum atomic E-state index is 0.0671. The lowest BCUT2D eigenvalue weighted by Gasteiger charge is -2.21. The second-order valence-corrected chi connectivity index (χ2v) is 6.46. The first-order chi connectivity index (χ1) is 9.63. The molecular formula is C16H18N2OS. The van der Waals surface area contributed by atoms with Crippen LogP contribution in [0, 0.1) is 13.8 Å². The quantitative estimate of drug-likeness (QED) is 0.861. The minimum Gasteiger partial charge on any atom is -0.330 e. The number of thiazole rings is 1. The Hall–Kier alpha value is -1.68. The van der Waals surface area contributed by atoms with E-state index in [1.807, 2.05) is 17.2 Å². The Balaban J connectivity index is 1.79. The van der Waals surface area contributed by atoms with Crippen molar-refractivity contribution in [2.45, 2.75) is 39.3 Å². The first kappa shape index (κ1) is 13.3. The van der Waals surface area contributed by atoms with Crippen molar-refractivity contribution in [2.75, 3.05) is 0 Å². The molecule has 1 aliphatic carbocycles. The highest BCUT2D eigenvalue weighted by Crippen LogP contribution is 2.30. The summed E-state index contributed by atoms with van der Waals surface area (Å²) in [4.78, 5) is 18.9. The summed E-state index contributed by atoms with van der Waals surface area (Å²) < 4.78 is 0. The van der Waals surface area contributed by atoms with Crippen LogP contribution in [0.4, 0.5) is 0 Å². The van der Waals surface area contributed by atoms with E-state index in [1.165, 1.54) is 22.5 Å². The Bertz CT molecular complexity index is 614. The molecule has 3 rings (SSSR count). The van der Waals surface area contributed by atoms with Gasteiger partial charge in [0, 0.05) is 18.0 Å². The Morgan fingerprint density at radius 2 is 2.00 bits per heavy atom. The molecule has 0 aliphatic heterocycles. The summed E-state index contributed by atoms with van der Waals surface area (Å²) in [6.07, 6.45) is 2.22. The van der Waals surface area contributed by atoms with Crippen LogP contribution in [-0.4, -0.2) is 21.8 Å². The van der Waals surface area contributed by atoms with E-state index < -0.39 is 0 Å². The molecule has 0 atom stereocenters. The van der Waals surface area contributed by atoms with Crippen molar-refractivity contribution in [1.82, 2.24) is 9.88 Å². The highest BCUT2D eigenvalue weighted by Gasteiger charge is 2.33. The second kappa shape index (κ2) is 5.37. The highest BCUT2D eigenvalue weighted by molar-refractivity contribution is 7.09. The lowest BCUT2D eigenvalue weighted by Crippen LogP contribution is -2.32. The predicted octanol–water partition coefficient (Wildman–Crippen LogP) is 3.56. The Labute approximate surface area is 123 Å². The molecular weight excluding hydrogens is 268 g/mol. The van der Waals surface area contributed by atoms with E-state index >= 15 is 0 Å². The summed E-state index contributed by atoms with van der Waals surface area (Å²) in [6, 6.07) is 8.79. The summed E-state index contributed by atoms with van der Waals surface area (Å²) in [5, 5.41) is 2.81. The zero-order valence-corrected chi connectivity index (χ0v) is 12.6. The molecule has 104 valence electrons. The maximum atomic E-state index is 12.6. The summed E-state index contributed by atoms with van der Waals surface area (Å²) >= 11 is 1.53. The van der Waals surface area contributed by atoms with Crippen LogP contribution in [0.15, 0.2) is 29.6 Å². The number of carbonyl (C=O) groups is 1. The molecule has 1 amide bonds. The van der Waals surface area contributed by atoms with Gasteiger partial charge in [-0.2, -0.15) is 0 Å². The number of hydrogen-bond donors (Lipinski definition) is 0. The first-order valence-electron chi connectivity index (χ1n) is 6.92. The molecule has 0 N–H and O–H groups in total. The monoisotopic (exact) mass is 286 g/mol. The van der Waals surface area contributed by atoms with Gasteiger partial charge < -0.3 is 4.90 Å². The average molecular weight is 286 g/mol. The zero-order valence-electron chi connectivity index (χ0n) is 11.8. The Kier molecular flexibility index (Phi) is 3.57. The second-order valence-electron chi connectivity index (χ2n) is 5.40. The summed E-state index contributed by atoms with van der Waals surface area (Å²) in [6.45, 7) is 4.69. The topological polar surface area (TPSA) is 33.2 Å². The average Bonchev–Trinajstić information content (AvgIpc) is 3.19. The van der Waals surface area contributed by atoms with Gasteiger partial charge in [-0.3, -0.25) is 4.79 Å². The SMILES string of the molecule is Cc1ccc(CN(C(=O)c2csc(C)n2)C2CC2)cc1. The van der Waals surface area contributed by atoms with Crippen molar-refractivity contribution in [3.63, 3.8) is 0 Å². The van der Waals surface area contributed by atoms with Crippen LogP contribution < -0.4 is 0 Å². The molecule has 1 aliphatic rings. The molecule has 1 heterocycles. The lowest BCUT2D eigenvalue weighted by molar-refractivity contribution is 0.0724. The number of carbonyl (C=O) groups excluding carboxylic acids is 1. The van der Waals surface area contributed by atoms with E-state index in [-0.39, 0.29) is 5.91 Å². The number of nitrogens with zero attached hydrogens (tertiary/aromatic N) is 2. The third-order valence-corrected chi connectivity index (χ3v) is 4.33. The van der Waals surface area contributed by atoms with Crippen molar-refractivity contribution in [3.8, 4) is 0 Å². The third kappa shape index (κ3) is 2.90. The van der Waals surface area contributed by atoms with Crippen LogP contribution in [0.1, 0.15) is 39.5 Å². The number of amides is 1. The van der Waals surface area contributed by atoms with Gasteiger partial charge in [-0.05, 0) is 32.3 Å². The summed E-state index contributed by atoms with van der Waals surface area (Å²) in [5.41, 5.74) is 3.02. The number of aryl methyl sites for hydroxylation is 2. The molecule has 3 nitrogen and oxygen atoms in total. The molecule has 1 fully saturated rings. The minimum absolute atomic E-state index is 0.0671. The molecule has 2 aromatic rings. The van der Waals surface area contributed by atoms with Crippen molar-refractivity contribution < 1.29 is 4.79 Å². The van der Waals surface area contributed by atoms with Crippen LogP contribution in [0.2, 0.25) is 0 Å². The van der Waals surface area contributed by atoms with E-state index in [0.717, 1.165) is 17.8 Å². The Morgan fingerprint density at radius 1 is 1.30 bits per heavy atom. The van der Waals surface area contributed by atoms with E-state index in [1.54, 1.807) is 0 Å². The van der Waals surface area contributed by atoms with Crippen LogP contribution >= 0.6 is 11.3 Å². The third-order valence-electron chi connectivity index (χ3n) is 3.56. The lowest BCUT2D eigenvalue weighted by atomic mass is 10.1. The highest BCUT2D eigenvalue weighted by atomic mass is 32.1. The van der Waals surface area contributed by atoms with Gasteiger partial charge in [0.15, 0.2) is 0 Å². The number of rotatable bonds is 4. The summed E-state index contributed by atoms with van der Waals surface area (Å²) in [7, 11) is 0. The normalized spacial score (nSPS) is 14.3. The Morgan fingerprint density at radius 3 is 2.55 bits per heavy atom. The molecule has 4 heteroatoms. The number of aromatic nitrogens is 1. The van der Waals surface area contributed by atoms with Gasteiger partial charge in [0.25, 0.3) is 5.91 Å². The largest absolute Gasteiger partial charge is 0.330 e. The predicted molar refractivity (Wildman–Crippen MR) is 80.9 cm³/mol. The molecule has 1 aromatic heterocycles. The van der Waals surface area contributed by atoms with Crippen LogP contribution in [0.25, 0.3) is 0 Å². The molecule has 0 spiro atoms. The van der Waals surface area contributed by atoms with Crippen molar-refractivity contribution in [1.29, 1.82) is 0 Å². The van der Waals surface area contributed by atoms with Gasteiger partial charge in [0.05, 0.1) is 5.01 Å². The molecule has 0 saturated heterocycles. The fraction of sp³-hybridized carbons (Fsp3) is 0.375. The van der Waals surface area contributed by atoms with Gasteiger partial charge in [-0.25, -0.2) is 4.98 Å². The smallest absolute Gasteiger partial charge is 0.273 e. The standard InChI is InChI=1S/C16H18N2OS/c1-11-3-5-13(6-4-11)9-18(14-7-8-14)16(19)15-10-20-12(2)17-15/h3-6,10,14H,7-9H2,1-2H3. The molecule has 0 radical (unpaired) electrons. The van der Waals surface area contributed by atoms with Gasteiger partial charge >= 0.3 is 0 Å². The van der Waals surface area contributed by atoms with Crippen LogP contribution in [0.5, 0.6) is 0 Å². The van der Waals surface area contributed by atoms with E-state index in [0.29, 0.717) is 18.3 Å².